The van der Waals surface area contributed by atoms with Crippen LogP contribution in [-0.2, 0) is 0 Å². The zero-order chi connectivity index (χ0) is 41.1. The summed E-state index contributed by atoms with van der Waals surface area (Å²) in [6, 6.07) is 59.2. The molecule has 60 heavy (non-hydrogen) atoms. The standard InChI is InChI=1S/C52H36N4O4/c1-53-49(57)43-31-42(34-25-29-40(30-26-34)56(37-19-11-5-12-20-37)38-21-13-6-14-22-38)48-46-44(50(58)54(2)52(48)60)32-41(47(45(43)46)51(53)59)33-23-27-39(28-24-33)55(35-15-7-3-8-16-35)36-17-9-4-10-18-36/h3-32H,1-2H3. The van der Waals surface area contributed by atoms with Crippen molar-refractivity contribution in [2.45, 2.75) is 0 Å². The number of benzene rings is 8. The number of nitrogens with zero attached hydrogens (tertiary/aromatic N) is 4. The van der Waals surface area contributed by atoms with Gasteiger partial charge in [0.2, 0.25) is 0 Å². The van der Waals surface area contributed by atoms with Crippen LogP contribution in [0.2, 0.25) is 0 Å². The predicted octanol–water partition coefficient (Wildman–Crippen LogP) is 11.6. The second kappa shape index (κ2) is 14.4. The number of rotatable bonds is 8. The Balaban J connectivity index is 1.15. The Kier molecular flexibility index (Phi) is 8.69. The first-order chi connectivity index (χ1) is 29.3. The van der Waals surface area contributed by atoms with Crippen molar-refractivity contribution in [3.63, 3.8) is 0 Å². The highest BCUT2D eigenvalue weighted by Crippen LogP contribution is 2.47. The summed E-state index contributed by atoms with van der Waals surface area (Å²) in [7, 11) is 2.94. The number of hydrogen-bond donors (Lipinski definition) is 0. The fourth-order valence-electron chi connectivity index (χ4n) is 8.54. The maximum atomic E-state index is 14.3. The van der Waals surface area contributed by atoms with E-state index < -0.39 is 23.6 Å². The lowest BCUT2D eigenvalue weighted by molar-refractivity contribution is 0.0630. The van der Waals surface area contributed by atoms with E-state index in [0.717, 1.165) is 43.9 Å². The number of carbonyl (C=O) groups is 4. The van der Waals surface area contributed by atoms with Gasteiger partial charge in [-0.1, -0.05) is 97.1 Å². The number of amides is 4. The van der Waals surface area contributed by atoms with Gasteiger partial charge in [-0.25, -0.2) is 0 Å². The molecule has 2 aliphatic rings. The van der Waals surface area contributed by atoms with Gasteiger partial charge in [0.1, 0.15) is 0 Å². The fourth-order valence-corrected chi connectivity index (χ4v) is 8.54. The average molecular weight is 781 g/mol. The van der Waals surface area contributed by atoms with E-state index in [4.69, 9.17) is 0 Å². The number of hydrogen-bond acceptors (Lipinski definition) is 6. The lowest BCUT2D eigenvalue weighted by Crippen LogP contribution is -2.41. The van der Waals surface area contributed by atoms with Crippen molar-refractivity contribution >= 4 is 68.5 Å². The summed E-state index contributed by atoms with van der Waals surface area (Å²) < 4.78 is 0. The smallest absolute Gasteiger partial charge is 0.261 e. The molecule has 0 atom stereocenters. The van der Waals surface area contributed by atoms with E-state index in [2.05, 4.69) is 9.80 Å². The summed E-state index contributed by atoms with van der Waals surface area (Å²) >= 11 is 0. The number of imide groups is 2. The van der Waals surface area contributed by atoms with E-state index in [1.807, 2.05) is 170 Å². The van der Waals surface area contributed by atoms with E-state index in [1.54, 1.807) is 12.1 Å². The third-order valence-electron chi connectivity index (χ3n) is 11.4. The molecule has 2 aliphatic heterocycles. The zero-order valence-corrected chi connectivity index (χ0v) is 32.7. The molecule has 0 spiro atoms. The molecule has 0 unspecified atom stereocenters. The van der Waals surface area contributed by atoms with Gasteiger partial charge >= 0.3 is 0 Å². The maximum Gasteiger partial charge on any atom is 0.261 e. The molecule has 8 aromatic carbocycles. The highest BCUT2D eigenvalue weighted by molar-refractivity contribution is 6.36. The predicted molar refractivity (Wildman–Crippen MR) is 237 cm³/mol. The fraction of sp³-hybridized carbons (Fsp3) is 0.0385. The Morgan fingerprint density at radius 2 is 0.583 bits per heavy atom. The average Bonchev–Trinajstić information content (AvgIpc) is 3.30. The van der Waals surface area contributed by atoms with Crippen LogP contribution in [0.15, 0.2) is 182 Å². The van der Waals surface area contributed by atoms with Crippen LogP contribution < -0.4 is 9.80 Å². The van der Waals surface area contributed by atoms with Gasteiger partial charge in [0.15, 0.2) is 0 Å². The molecule has 0 aliphatic carbocycles. The third-order valence-corrected chi connectivity index (χ3v) is 11.4. The first kappa shape index (κ1) is 36.3. The molecular formula is C52H36N4O4. The summed E-state index contributed by atoms with van der Waals surface area (Å²) in [6.45, 7) is 0. The van der Waals surface area contributed by atoms with Gasteiger partial charge in [-0.2, -0.15) is 0 Å². The van der Waals surface area contributed by atoms with Gasteiger partial charge in [-0.3, -0.25) is 29.0 Å². The van der Waals surface area contributed by atoms with Crippen LogP contribution in [0, 0.1) is 0 Å². The van der Waals surface area contributed by atoms with Gasteiger partial charge in [0, 0.05) is 70.1 Å². The van der Waals surface area contributed by atoms with Crippen LogP contribution in [0.1, 0.15) is 41.4 Å². The van der Waals surface area contributed by atoms with Crippen LogP contribution >= 0.6 is 0 Å². The van der Waals surface area contributed by atoms with Crippen molar-refractivity contribution in [1.82, 2.24) is 9.80 Å². The molecule has 0 fully saturated rings. The Morgan fingerprint density at radius 1 is 0.317 bits per heavy atom. The van der Waals surface area contributed by atoms with Gasteiger partial charge < -0.3 is 9.80 Å². The monoisotopic (exact) mass is 780 g/mol. The van der Waals surface area contributed by atoms with Crippen LogP contribution in [0.25, 0.3) is 33.0 Å². The summed E-state index contributed by atoms with van der Waals surface area (Å²) in [5.41, 5.74) is 9.11. The summed E-state index contributed by atoms with van der Waals surface area (Å²) in [5.74, 6) is -2.01. The molecule has 0 radical (unpaired) electrons. The highest BCUT2D eigenvalue weighted by atomic mass is 16.2. The van der Waals surface area contributed by atoms with Gasteiger partial charge in [0.25, 0.3) is 23.6 Å². The molecule has 10 rings (SSSR count). The molecule has 0 bridgehead atoms. The number of anilines is 6. The minimum absolute atomic E-state index is 0.254. The van der Waals surface area contributed by atoms with Crippen LogP contribution in [0.4, 0.5) is 34.1 Å². The van der Waals surface area contributed by atoms with Gasteiger partial charge in [-0.05, 0) is 107 Å². The van der Waals surface area contributed by atoms with E-state index in [9.17, 15) is 19.2 Å². The van der Waals surface area contributed by atoms with Crippen molar-refractivity contribution in [3.05, 3.63) is 204 Å². The number of carbonyl (C=O) groups excluding carboxylic acids is 4. The van der Waals surface area contributed by atoms with Crippen molar-refractivity contribution in [2.24, 2.45) is 0 Å². The van der Waals surface area contributed by atoms with E-state index in [0.29, 0.717) is 33.0 Å². The minimum Gasteiger partial charge on any atom is -0.311 e. The number of para-hydroxylation sites is 4. The van der Waals surface area contributed by atoms with E-state index in [-0.39, 0.29) is 22.3 Å². The Hall–Kier alpha value is -8.10. The zero-order valence-electron chi connectivity index (χ0n) is 32.7. The van der Waals surface area contributed by atoms with Gasteiger partial charge in [-0.15, -0.1) is 0 Å². The van der Waals surface area contributed by atoms with Crippen molar-refractivity contribution in [3.8, 4) is 22.3 Å². The topological polar surface area (TPSA) is 81.2 Å². The second-order valence-corrected chi connectivity index (χ2v) is 14.9. The molecule has 2 heterocycles. The highest BCUT2D eigenvalue weighted by Gasteiger charge is 2.41. The van der Waals surface area contributed by atoms with Crippen molar-refractivity contribution in [1.29, 1.82) is 0 Å². The molecule has 0 aromatic heterocycles. The Morgan fingerprint density at radius 3 is 0.867 bits per heavy atom. The summed E-state index contributed by atoms with van der Waals surface area (Å²) in [4.78, 5) is 63.5. The quantitative estimate of drug-likeness (QED) is 0.143. The molecule has 0 saturated heterocycles. The normalized spacial score (nSPS) is 13.2. The summed E-state index contributed by atoms with van der Waals surface area (Å²) in [6.07, 6.45) is 0. The largest absolute Gasteiger partial charge is 0.311 e. The third kappa shape index (κ3) is 5.76. The molecule has 4 amide bonds. The Labute approximate surface area is 346 Å². The first-order valence-electron chi connectivity index (χ1n) is 19.6. The Bertz CT molecular complexity index is 2720. The van der Waals surface area contributed by atoms with E-state index >= 15 is 0 Å². The molecule has 8 heteroatoms. The molecule has 8 aromatic rings. The van der Waals surface area contributed by atoms with Crippen molar-refractivity contribution < 1.29 is 19.2 Å². The molecular weight excluding hydrogens is 745 g/mol. The molecule has 288 valence electrons. The lowest BCUT2D eigenvalue weighted by Gasteiger charge is -2.32. The molecule has 0 saturated carbocycles. The van der Waals surface area contributed by atoms with Crippen LogP contribution in [0.3, 0.4) is 0 Å². The lowest BCUT2D eigenvalue weighted by atomic mass is 9.79. The second-order valence-electron chi connectivity index (χ2n) is 14.9. The maximum absolute atomic E-state index is 14.3. The van der Waals surface area contributed by atoms with Crippen LogP contribution in [-0.4, -0.2) is 47.5 Å². The van der Waals surface area contributed by atoms with Crippen LogP contribution in [0.5, 0.6) is 0 Å². The molecule has 8 nitrogen and oxygen atoms in total. The summed E-state index contributed by atoms with van der Waals surface area (Å²) in [5, 5.41) is 0.638. The first-order valence-corrected chi connectivity index (χ1v) is 19.6. The molecule has 0 N–H and O–H groups in total. The minimum atomic E-state index is -0.505. The van der Waals surface area contributed by atoms with E-state index in [1.165, 1.54) is 14.1 Å². The van der Waals surface area contributed by atoms with Gasteiger partial charge in [0.05, 0.1) is 11.1 Å². The SMILES string of the molecule is CN1C(=O)c2cc(-c3ccc(N(c4ccccc4)c4ccccc4)cc3)c3c4c(cc(-c5ccc(N(c6ccccc6)c6ccccc6)cc5)c(c24)C1=O)C(=O)N(C)C3=O. The van der Waals surface area contributed by atoms with Crippen molar-refractivity contribution in [2.75, 3.05) is 23.9 Å².